The number of benzene rings is 2. The molecule has 0 amide bonds. The average Bonchev–Trinajstić information content (AvgIpc) is 2.66. The fraction of sp³-hybridized carbons (Fsp3) is 0.364. The van der Waals surface area contributed by atoms with Gasteiger partial charge >= 0.3 is 0 Å². The monoisotopic (exact) mass is 313 g/mol. The minimum Gasteiger partial charge on any atom is -0.388 e. The molecule has 0 aliphatic carbocycles. The van der Waals surface area contributed by atoms with Gasteiger partial charge in [-0.25, -0.2) is 0 Å². The Morgan fingerprint density at radius 1 is 0.739 bits per heavy atom. The van der Waals surface area contributed by atoms with E-state index in [-0.39, 0.29) is 0 Å². The van der Waals surface area contributed by atoms with Gasteiger partial charge < -0.3 is 5.32 Å². The average molecular weight is 314 g/mol. The summed E-state index contributed by atoms with van der Waals surface area (Å²) in [5.41, 5.74) is 5.04. The summed E-state index contributed by atoms with van der Waals surface area (Å²) in [5, 5.41) is 3.12. The van der Waals surface area contributed by atoms with E-state index in [0.717, 1.165) is 5.69 Å². The van der Waals surface area contributed by atoms with E-state index in [0.29, 0.717) is 0 Å². The highest BCUT2D eigenvalue weighted by molar-refractivity contribution is 5.68. The zero-order valence-electron chi connectivity index (χ0n) is 16.3. The molecule has 1 heteroatoms. The topological polar surface area (TPSA) is 12.0 Å². The van der Waals surface area contributed by atoms with Crippen LogP contribution in [0.3, 0.4) is 0 Å². The molecule has 2 aromatic rings. The molecular formula is C22H35N. The number of hydrogen-bond acceptors (Lipinski definition) is 1. The first-order chi connectivity index (χ1) is 11.2. The van der Waals surface area contributed by atoms with Crippen LogP contribution in [-0.2, 0) is 0 Å². The molecule has 2 aromatic carbocycles. The van der Waals surface area contributed by atoms with E-state index in [2.05, 4.69) is 60.8 Å². The maximum Gasteiger partial charge on any atom is 0.0337 e. The van der Waals surface area contributed by atoms with E-state index >= 15 is 0 Å². The van der Waals surface area contributed by atoms with Crippen molar-refractivity contribution < 1.29 is 0 Å². The zero-order valence-corrected chi connectivity index (χ0v) is 16.3. The van der Waals surface area contributed by atoms with Crippen LogP contribution < -0.4 is 5.32 Å². The predicted molar refractivity (Wildman–Crippen MR) is 109 cm³/mol. The first-order valence-corrected chi connectivity index (χ1v) is 8.64. The van der Waals surface area contributed by atoms with E-state index in [1.165, 1.54) is 16.7 Å². The molecule has 1 N–H and O–H groups in total. The van der Waals surface area contributed by atoms with Crippen LogP contribution >= 0.6 is 0 Å². The van der Waals surface area contributed by atoms with Crippen LogP contribution in [0, 0.1) is 6.92 Å². The lowest BCUT2D eigenvalue weighted by Gasteiger charge is -2.06. The van der Waals surface area contributed by atoms with Gasteiger partial charge in [0.25, 0.3) is 0 Å². The van der Waals surface area contributed by atoms with Gasteiger partial charge in [0.1, 0.15) is 0 Å². The lowest BCUT2D eigenvalue weighted by Crippen LogP contribution is -1.87. The lowest BCUT2D eigenvalue weighted by molar-refractivity contribution is 1.45. The fourth-order valence-electron chi connectivity index (χ4n) is 1.71. The number of allylic oxidation sites excluding steroid dienone is 2. The molecule has 0 heterocycles. The Morgan fingerprint density at radius 3 is 1.61 bits per heavy atom. The van der Waals surface area contributed by atoms with Crippen molar-refractivity contribution in [3.05, 3.63) is 66.2 Å². The van der Waals surface area contributed by atoms with Gasteiger partial charge in [-0.1, -0.05) is 76.2 Å². The Kier molecular flexibility index (Phi) is 16.5. The van der Waals surface area contributed by atoms with E-state index in [1.807, 2.05) is 60.7 Å². The first kappa shape index (κ1) is 23.2. The molecule has 0 bridgehead atoms. The molecule has 0 fully saturated rings. The lowest BCUT2D eigenvalue weighted by atomic mass is 10.0. The van der Waals surface area contributed by atoms with Crippen LogP contribution in [0.1, 0.15) is 47.1 Å². The third-order valence-corrected chi connectivity index (χ3v) is 2.96. The van der Waals surface area contributed by atoms with Gasteiger partial charge in [-0.15, -0.1) is 0 Å². The van der Waals surface area contributed by atoms with Crippen LogP contribution in [-0.4, -0.2) is 7.05 Å². The number of anilines is 1. The molecule has 0 unspecified atom stereocenters. The third kappa shape index (κ3) is 9.57. The Morgan fingerprint density at radius 2 is 1.22 bits per heavy atom. The Bertz CT molecular complexity index is 506. The van der Waals surface area contributed by atoms with Crippen molar-refractivity contribution in [1.29, 1.82) is 0 Å². The van der Waals surface area contributed by atoms with Crippen molar-refractivity contribution in [2.75, 3.05) is 12.4 Å². The highest BCUT2D eigenvalue weighted by Gasteiger charge is 1.99. The molecule has 0 saturated heterocycles. The highest BCUT2D eigenvalue weighted by Crippen LogP contribution is 2.24. The first-order valence-electron chi connectivity index (χ1n) is 8.64. The predicted octanol–water partition coefficient (Wildman–Crippen LogP) is 7.34. The second kappa shape index (κ2) is 16.4. The minimum atomic E-state index is 1.15. The molecule has 0 radical (unpaired) electrons. The van der Waals surface area contributed by atoms with Crippen LogP contribution in [0.5, 0.6) is 0 Å². The molecular weight excluding hydrogens is 278 g/mol. The molecule has 23 heavy (non-hydrogen) atoms. The molecule has 0 atom stereocenters. The summed E-state index contributed by atoms with van der Waals surface area (Å²) in [7, 11) is 1.93. The zero-order chi connectivity index (χ0) is 18.1. The van der Waals surface area contributed by atoms with Gasteiger partial charge in [0.05, 0.1) is 0 Å². The van der Waals surface area contributed by atoms with Gasteiger partial charge in [-0.2, -0.15) is 0 Å². The normalized spacial score (nSPS) is 8.70. The Hall–Kier alpha value is -2.02. The van der Waals surface area contributed by atoms with Crippen LogP contribution in [0.15, 0.2) is 60.7 Å². The smallest absolute Gasteiger partial charge is 0.0337 e. The van der Waals surface area contributed by atoms with Gasteiger partial charge in [0.2, 0.25) is 0 Å². The molecule has 2 rings (SSSR count). The van der Waals surface area contributed by atoms with E-state index in [9.17, 15) is 0 Å². The SMILES string of the molecule is C/C=C/C.CC.CC.CNc1ccc(-c2ccccc2C)cc1. The molecule has 128 valence electrons. The summed E-state index contributed by atoms with van der Waals surface area (Å²) in [4.78, 5) is 0. The Balaban J connectivity index is 0. The minimum absolute atomic E-state index is 1.15. The summed E-state index contributed by atoms with van der Waals surface area (Å²) in [6.45, 7) is 14.1. The van der Waals surface area contributed by atoms with Gasteiger partial charge in [0.15, 0.2) is 0 Å². The van der Waals surface area contributed by atoms with Crippen molar-refractivity contribution >= 4 is 5.69 Å². The van der Waals surface area contributed by atoms with Crippen molar-refractivity contribution in [2.24, 2.45) is 0 Å². The highest BCUT2D eigenvalue weighted by atomic mass is 14.8. The van der Waals surface area contributed by atoms with Crippen molar-refractivity contribution in [3.63, 3.8) is 0 Å². The second-order valence-corrected chi connectivity index (χ2v) is 4.31. The van der Waals surface area contributed by atoms with Gasteiger partial charge in [-0.05, 0) is 49.6 Å². The Labute approximate surface area is 144 Å². The summed E-state index contributed by atoms with van der Waals surface area (Å²) < 4.78 is 0. The molecule has 0 aromatic heterocycles. The molecule has 0 saturated carbocycles. The van der Waals surface area contributed by atoms with Crippen molar-refractivity contribution in [3.8, 4) is 11.1 Å². The summed E-state index contributed by atoms with van der Waals surface area (Å²) in [5.74, 6) is 0. The third-order valence-electron chi connectivity index (χ3n) is 2.96. The summed E-state index contributed by atoms with van der Waals surface area (Å²) >= 11 is 0. The quantitative estimate of drug-likeness (QED) is 0.572. The molecule has 1 nitrogen and oxygen atoms in total. The number of nitrogens with one attached hydrogen (secondary N) is 1. The fourth-order valence-corrected chi connectivity index (χ4v) is 1.71. The van der Waals surface area contributed by atoms with Gasteiger partial charge in [-0.3, -0.25) is 0 Å². The molecule has 0 spiro atoms. The maximum atomic E-state index is 3.12. The van der Waals surface area contributed by atoms with Crippen molar-refractivity contribution in [2.45, 2.75) is 48.5 Å². The van der Waals surface area contributed by atoms with Crippen LogP contribution in [0.2, 0.25) is 0 Å². The molecule has 0 aliphatic rings. The van der Waals surface area contributed by atoms with Crippen LogP contribution in [0.25, 0.3) is 11.1 Å². The van der Waals surface area contributed by atoms with E-state index < -0.39 is 0 Å². The number of hydrogen-bond donors (Lipinski definition) is 1. The largest absolute Gasteiger partial charge is 0.388 e. The molecule has 0 aliphatic heterocycles. The van der Waals surface area contributed by atoms with Crippen molar-refractivity contribution in [1.82, 2.24) is 0 Å². The van der Waals surface area contributed by atoms with Crippen LogP contribution in [0.4, 0.5) is 5.69 Å². The second-order valence-electron chi connectivity index (χ2n) is 4.31. The standard InChI is InChI=1S/C14H15N.C4H8.2C2H6/c1-11-5-3-4-6-14(11)12-7-9-13(15-2)10-8-12;1-3-4-2;2*1-2/h3-10,15H,1-2H3;3-4H,1-2H3;2*1-2H3/b;4-3+;;. The van der Waals surface area contributed by atoms with E-state index in [1.54, 1.807) is 0 Å². The number of rotatable bonds is 2. The maximum absolute atomic E-state index is 3.12. The van der Waals surface area contributed by atoms with Gasteiger partial charge in [0, 0.05) is 12.7 Å². The number of aryl methyl sites for hydroxylation is 1. The summed E-state index contributed by atoms with van der Waals surface area (Å²) in [6.07, 6.45) is 4.00. The van der Waals surface area contributed by atoms with E-state index in [4.69, 9.17) is 0 Å². The summed E-state index contributed by atoms with van der Waals surface area (Å²) in [6, 6.07) is 16.9.